The summed E-state index contributed by atoms with van der Waals surface area (Å²) >= 11 is 3.37. The van der Waals surface area contributed by atoms with Gasteiger partial charge in [-0.3, -0.25) is 9.59 Å². The highest BCUT2D eigenvalue weighted by Gasteiger charge is 2.30. The molecule has 0 saturated heterocycles. The van der Waals surface area contributed by atoms with Crippen LogP contribution in [-0.2, 0) is 4.79 Å². The van der Waals surface area contributed by atoms with Crippen LogP contribution in [0.3, 0.4) is 0 Å². The molecule has 6 nitrogen and oxygen atoms in total. The fourth-order valence-electron chi connectivity index (χ4n) is 3.09. The molecule has 0 fully saturated rings. The molecule has 1 aromatic heterocycles. The number of nitrogens with one attached hydrogen (secondary N) is 2. The Labute approximate surface area is 193 Å². The molecule has 0 unspecified atom stereocenters. The van der Waals surface area contributed by atoms with Crippen molar-refractivity contribution in [3.05, 3.63) is 89.1 Å². The first kappa shape index (κ1) is 21.6. The number of carbonyl (C=O) groups excluding carboxylic acids is 2. The maximum Gasteiger partial charge on any atom is 0.291 e. The molecule has 3 aromatic carbocycles. The first-order chi connectivity index (χ1) is 15.3. The Morgan fingerprint density at radius 2 is 1.56 bits per heavy atom. The fraction of sp³-hybridized carbons (Fsp3) is 0.120. The van der Waals surface area contributed by atoms with Crippen molar-refractivity contribution in [3.8, 4) is 5.75 Å². The number of fused-ring (bicyclic) bond motifs is 1. The van der Waals surface area contributed by atoms with Gasteiger partial charge in [0.05, 0.1) is 0 Å². The summed E-state index contributed by atoms with van der Waals surface area (Å²) in [5.74, 6) is 0.106. The second-order valence-electron chi connectivity index (χ2n) is 7.70. The van der Waals surface area contributed by atoms with E-state index in [0.717, 1.165) is 9.86 Å². The zero-order valence-electron chi connectivity index (χ0n) is 17.5. The Bertz CT molecular complexity index is 1250. The average molecular weight is 493 g/mol. The lowest BCUT2D eigenvalue weighted by Crippen LogP contribution is -2.42. The molecule has 0 saturated carbocycles. The molecule has 162 valence electrons. The van der Waals surface area contributed by atoms with Gasteiger partial charge in [-0.2, -0.15) is 0 Å². The van der Waals surface area contributed by atoms with Gasteiger partial charge in [0.1, 0.15) is 11.3 Å². The van der Waals surface area contributed by atoms with E-state index in [1.807, 2.05) is 30.3 Å². The molecule has 0 aliphatic rings. The monoisotopic (exact) mass is 492 g/mol. The van der Waals surface area contributed by atoms with Crippen molar-refractivity contribution < 1.29 is 18.7 Å². The van der Waals surface area contributed by atoms with Crippen molar-refractivity contribution in [2.24, 2.45) is 0 Å². The molecule has 0 aliphatic heterocycles. The van der Waals surface area contributed by atoms with E-state index in [0.29, 0.717) is 22.7 Å². The van der Waals surface area contributed by atoms with Gasteiger partial charge in [0.25, 0.3) is 11.8 Å². The molecule has 0 bridgehead atoms. The van der Waals surface area contributed by atoms with Gasteiger partial charge in [-0.05, 0) is 68.4 Å². The number of furan rings is 1. The minimum absolute atomic E-state index is 0.213. The topological polar surface area (TPSA) is 80.6 Å². The molecule has 4 aromatic rings. The summed E-state index contributed by atoms with van der Waals surface area (Å²) in [5.41, 5.74) is 0.595. The molecule has 0 radical (unpaired) electrons. The Morgan fingerprint density at radius 1 is 0.875 bits per heavy atom. The largest absolute Gasteiger partial charge is 0.478 e. The van der Waals surface area contributed by atoms with Crippen LogP contribution in [0.1, 0.15) is 24.4 Å². The van der Waals surface area contributed by atoms with Gasteiger partial charge in [-0.25, -0.2) is 0 Å². The number of para-hydroxylation sites is 1. The first-order valence-corrected chi connectivity index (χ1v) is 10.8. The third-order valence-electron chi connectivity index (χ3n) is 4.76. The highest BCUT2D eigenvalue weighted by molar-refractivity contribution is 9.10. The van der Waals surface area contributed by atoms with E-state index in [4.69, 9.17) is 9.15 Å². The van der Waals surface area contributed by atoms with Crippen LogP contribution < -0.4 is 15.4 Å². The molecule has 0 aliphatic carbocycles. The quantitative estimate of drug-likeness (QED) is 0.333. The molecular weight excluding hydrogens is 472 g/mol. The number of hydrogen-bond donors (Lipinski definition) is 2. The van der Waals surface area contributed by atoms with E-state index in [-0.39, 0.29) is 17.6 Å². The molecule has 32 heavy (non-hydrogen) atoms. The van der Waals surface area contributed by atoms with Crippen LogP contribution in [0.5, 0.6) is 5.75 Å². The third kappa shape index (κ3) is 5.00. The van der Waals surface area contributed by atoms with Crippen LogP contribution in [-0.4, -0.2) is 17.4 Å². The highest BCUT2D eigenvalue weighted by atomic mass is 79.9. The van der Waals surface area contributed by atoms with Crippen molar-refractivity contribution in [1.29, 1.82) is 0 Å². The summed E-state index contributed by atoms with van der Waals surface area (Å²) in [6, 6.07) is 23.3. The minimum Gasteiger partial charge on any atom is -0.478 e. The Balaban J connectivity index is 1.43. The van der Waals surface area contributed by atoms with Gasteiger partial charge in [0.2, 0.25) is 0 Å². The van der Waals surface area contributed by atoms with E-state index in [1.54, 1.807) is 62.4 Å². The summed E-state index contributed by atoms with van der Waals surface area (Å²) in [7, 11) is 0. The maximum absolute atomic E-state index is 12.8. The van der Waals surface area contributed by atoms with Gasteiger partial charge in [0, 0.05) is 21.2 Å². The van der Waals surface area contributed by atoms with Crippen molar-refractivity contribution >= 4 is 50.1 Å². The smallest absolute Gasteiger partial charge is 0.291 e. The SMILES string of the molecule is CC(C)(Oc1ccc(Br)cc1)C(=O)Nc1cccc(NC(=O)c2cc3ccccc3o2)c1. The number of carbonyl (C=O) groups is 2. The lowest BCUT2D eigenvalue weighted by molar-refractivity contribution is -0.128. The van der Waals surface area contributed by atoms with Crippen LogP contribution >= 0.6 is 15.9 Å². The van der Waals surface area contributed by atoms with Crippen molar-refractivity contribution in [1.82, 2.24) is 0 Å². The second kappa shape index (κ2) is 8.88. The molecule has 2 N–H and O–H groups in total. The van der Waals surface area contributed by atoms with E-state index < -0.39 is 5.60 Å². The molecule has 0 spiro atoms. The lowest BCUT2D eigenvalue weighted by atomic mass is 10.1. The molecule has 1 heterocycles. The van der Waals surface area contributed by atoms with Crippen LogP contribution in [0.15, 0.2) is 87.8 Å². The summed E-state index contributed by atoms with van der Waals surface area (Å²) in [6.45, 7) is 3.38. The maximum atomic E-state index is 12.8. The molecule has 0 atom stereocenters. The standard InChI is InChI=1S/C25H21BrN2O4/c1-25(2,32-20-12-10-17(26)11-13-20)24(30)28-19-8-5-7-18(15-19)27-23(29)22-14-16-6-3-4-9-21(16)31-22/h3-15H,1-2H3,(H,27,29)(H,28,30). The predicted molar refractivity (Wildman–Crippen MR) is 128 cm³/mol. The molecule has 4 rings (SSSR count). The van der Waals surface area contributed by atoms with E-state index >= 15 is 0 Å². The number of hydrogen-bond acceptors (Lipinski definition) is 4. The number of benzene rings is 3. The summed E-state index contributed by atoms with van der Waals surface area (Å²) in [6.07, 6.45) is 0. The van der Waals surface area contributed by atoms with E-state index in [2.05, 4.69) is 26.6 Å². The van der Waals surface area contributed by atoms with Crippen LogP contribution in [0.2, 0.25) is 0 Å². The zero-order chi connectivity index (χ0) is 22.7. The van der Waals surface area contributed by atoms with Crippen molar-refractivity contribution in [2.75, 3.05) is 10.6 Å². The van der Waals surface area contributed by atoms with Crippen LogP contribution in [0.25, 0.3) is 11.0 Å². The molecule has 2 amide bonds. The van der Waals surface area contributed by atoms with Gasteiger partial charge < -0.3 is 19.8 Å². The molecule has 7 heteroatoms. The number of amides is 2. The third-order valence-corrected chi connectivity index (χ3v) is 5.29. The lowest BCUT2D eigenvalue weighted by Gasteiger charge is -2.25. The van der Waals surface area contributed by atoms with Crippen molar-refractivity contribution in [2.45, 2.75) is 19.4 Å². The normalized spacial score (nSPS) is 11.2. The van der Waals surface area contributed by atoms with Gasteiger partial charge in [-0.15, -0.1) is 0 Å². The minimum atomic E-state index is -1.11. The fourth-order valence-corrected chi connectivity index (χ4v) is 3.35. The van der Waals surface area contributed by atoms with Crippen LogP contribution in [0, 0.1) is 0 Å². The number of rotatable bonds is 6. The second-order valence-corrected chi connectivity index (χ2v) is 8.62. The number of ether oxygens (including phenoxy) is 1. The first-order valence-electron chi connectivity index (χ1n) is 9.96. The summed E-state index contributed by atoms with van der Waals surface area (Å²) < 4.78 is 12.4. The summed E-state index contributed by atoms with van der Waals surface area (Å²) in [5, 5.41) is 6.49. The van der Waals surface area contributed by atoms with Gasteiger partial charge in [0.15, 0.2) is 11.4 Å². The van der Waals surface area contributed by atoms with Gasteiger partial charge in [-0.1, -0.05) is 40.2 Å². The zero-order valence-corrected chi connectivity index (χ0v) is 19.1. The molecular formula is C25H21BrN2O4. The Hall–Kier alpha value is -3.58. The van der Waals surface area contributed by atoms with E-state index in [9.17, 15) is 9.59 Å². The van der Waals surface area contributed by atoms with E-state index in [1.165, 1.54) is 0 Å². The summed E-state index contributed by atoms with van der Waals surface area (Å²) in [4.78, 5) is 25.4. The Kier molecular flexibility index (Phi) is 6.01. The predicted octanol–water partition coefficient (Wildman–Crippen LogP) is 6.24. The van der Waals surface area contributed by atoms with Gasteiger partial charge >= 0.3 is 0 Å². The van der Waals surface area contributed by atoms with Crippen LogP contribution in [0.4, 0.5) is 11.4 Å². The Morgan fingerprint density at radius 3 is 2.28 bits per heavy atom. The number of halogens is 1. The number of anilines is 2. The average Bonchev–Trinajstić information content (AvgIpc) is 3.20. The van der Waals surface area contributed by atoms with Crippen molar-refractivity contribution in [3.63, 3.8) is 0 Å². The highest BCUT2D eigenvalue weighted by Crippen LogP contribution is 2.24.